The van der Waals surface area contributed by atoms with Gasteiger partial charge >= 0.3 is 6.18 Å². The first-order valence-corrected chi connectivity index (χ1v) is 9.98. The summed E-state index contributed by atoms with van der Waals surface area (Å²) >= 11 is 6.02. The van der Waals surface area contributed by atoms with E-state index in [0.29, 0.717) is 32.0 Å². The number of alkyl halides is 3. The summed E-state index contributed by atoms with van der Waals surface area (Å²) in [5.74, 6) is -1.02. The summed E-state index contributed by atoms with van der Waals surface area (Å²) < 4.78 is 58.9. The van der Waals surface area contributed by atoms with E-state index in [1.54, 1.807) is 13.1 Å². The molecular weight excluding hydrogens is 438 g/mol. The van der Waals surface area contributed by atoms with Crippen LogP contribution in [0.2, 0.25) is 5.02 Å². The summed E-state index contributed by atoms with van der Waals surface area (Å²) in [6, 6.07) is 7.57. The van der Waals surface area contributed by atoms with E-state index in [0.717, 1.165) is 12.1 Å². The third-order valence-electron chi connectivity index (χ3n) is 4.85. The van der Waals surface area contributed by atoms with Crippen molar-refractivity contribution in [2.75, 3.05) is 50.1 Å². The van der Waals surface area contributed by atoms with Gasteiger partial charge in [-0.2, -0.15) is 13.2 Å². The Hall–Kier alpha value is -2.36. The third-order valence-corrected chi connectivity index (χ3v) is 5.21. The minimum absolute atomic E-state index is 0.0673. The molecule has 0 spiro atoms. The fourth-order valence-corrected chi connectivity index (χ4v) is 3.56. The van der Waals surface area contributed by atoms with Crippen LogP contribution >= 0.6 is 11.6 Å². The molecule has 1 N–H and O–H groups in total. The number of carbonyl (C=O) groups is 1. The van der Waals surface area contributed by atoms with Gasteiger partial charge in [0, 0.05) is 30.2 Å². The van der Waals surface area contributed by atoms with E-state index in [-0.39, 0.29) is 29.4 Å². The van der Waals surface area contributed by atoms with Crippen LogP contribution in [0, 0.1) is 5.82 Å². The van der Waals surface area contributed by atoms with E-state index in [1.807, 2.05) is 4.90 Å². The third kappa shape index (κ3) is 6.09. The minimum Gasteiger partial charge on any atom is -0.378 e. The van der Waals surface area contributed by atoms with E-state index in [4.69, 9.17) is 16.3 Å². The fourth-order valence-electron chi connectivity index (χ4n) is 3.34. The normalized spacial score (nSPS) is 14.7. The maximum absolute atomic E-state index is 14.0. The van der Waals surface area contributed by atoms with Gasteiger partial charge in [-0.05, 0) is 37.4 Å². The van der Waals surface area contributed by atoms with Crippen LogP contribution < -0.4 is 10.2 Å². The highest BCUT2D eigenvalue weighted by Gasteiger charge is 2.32. The molecule has 0 saturated carbocycles. The quantitative estimate of drug-likeness (QED) is 0.650. The second-order valence-electron chi connectivity index (χ2n) is 7.25. The van der Waals surface area contributed by atoms with Crippen LogP contribution in [0.5, 0.6) is 0 Å². The number of nitrogens with one attached hydrogen (secondary N) is 1. The lowest BCUT2D eigenvalue weighted by molar-refractivity contribution is -0.137. The first kappa shape index (κ1) is 23.3. The molecule has 5 nitrogen and oxygen atoms in total. The first-order chi connectivity index (χ1) is 14.6. The number of likely N-dealkylation sites (N-methyl/N-ethyl adjacent to an activating group) is 1. The molecule has 1 amide bonds. The molecule has 0 unspecified atom stereocenters. The number of nitrogens with zero attached hydrogens (tertiary/aromatic N) is 2. The van der Waals surface area contributed by atoms with Crippen LogP contribution in [0.1, 0.15) is 11.1 Å². The SMILES string of the molecule is CN(CC(=O)Nc1cc(C(F)(F)F)ccc1N1CCOCC1)Cc1c(F)cccc1Cl. The Morgan fingerprint density at radius 2 is 1.94 bits per heavy atom. The van der Waals surface area contributed by atoms with Crippen molar-refractivity contribution in [2.45, 2.75) is 12.7 Å². The monoisotopic (exact) mass is 459 g/mol. The predicted molar refractivity (Wildman–Crippen MR) is 111 cm³/mol. The molecule has 1 fully saturated rings. The largest absolute Gasteiger partial charge is 0.416 e. The summed E-state index contributed by atoms with van der Waals surface area (Å²) in [6.07, 6.45) is -4.54. The Labute approximate surface area is 182 Å². The second-order valence-corrected chi connectivity index (χ2v) is 7.66. The number of halogens is 5. The van der Waals surface area contributed by atoms with Crippen LogP contribution in [0.4, 0.5) is 28.9 Å². The van der Waals surface area contributed by atoms with Crippen molar-refractivity contribution >= 4 is 28.9 Å². The van der Waals surface area contributed by atoms with Crippen molar-refractivity contribution in [1.82, 2.24) is 4.90 Å². The van der Waals surface area contributed by atoms with Crippen LogP contribution in [0.25, 0.3) is 0 Å². The van der Waals surface area contributed by atoms with E-state index >= 15 is 0 Å². The summed E-state index contributed by atoms with van der Waals surface area (Å²) in [6.45, 7) is 1.79. The molecule has 10 heteroatoms. The van der Waals surface area contributed by atoms with Crippen molar-refractivity contribution in [3.8, 4) is 0 Å². The zero-order chi connectivity index (χ0) is 22.6. The number of amides is 1. The van der Waals surface area contributed by atoms with E-state index in [2.05, 4.69) is 5.32 Å². The lowest BCUT2D eigenvalue weighted by Crippen LogP contribution is -2.37. The molecule has 168 valence electrons. The number of morpholine rings is 1. The van der Waals surface area contributed by atoms with Gasteiger partial charge in [0.1, 0.15) is 5.82 Å². The Balaban J connectivity index is 1.75. The van der Waals surface area contributed by atoms with Gasteiger partial charge in [-0.1, -0.05) is 17.7 Å². The van der Waals surface area contributed by atoms with Crippen LogP contribution in [-0.2, 0) is 22.3 Å². The van der Waals surface area contributed by atoms with Gasteiger partial charge in [0.15, 0.2) is 0 Å². The van der Waals surface area contributed by atoms with E-state index in [9.17, 15) is 22.4 Å². The van der Waals surface area contributed by atoms with Gasteiger partial charge in [-0.15, -0.1) is 0 Å². The Morgan fingerprint density at radius 3 is 2.58 bits per heavy atom. The Morgan fingerprint density at radius 1 is 1.23 bits per heavy atom. The van der Waals surface area contributed by atoms with Crippen molar-refractivity contribution < 1.29 is 27.1 Å². The minimum atomic E-state index is -4.54. The average Bonchev–Trinajstić information content (AvgIpc) is 2.70. The molecule has 0 bridgehead atoms. The smallest absolute Gasteiger partial charge is 0.378 e. The molecule has 2 aromatic carbocycles. The Bertz CT molecular complexity index is 913. The highest BCUT2D eigenvalue weighted by Crippen LogP contribution is 2.35. The first-order valence-electron chi connectivity index (χ1n) is 9.60. The Kier molecular flexibility index (Phi) is 7.40. The molecular formula is C21H22ClF4N3O2. The molecule has 0 aliphatic carbocycles. The maximum atomic E-state index is 14.0. The average molecular weight is 460 g/mol. The maximum Gasteiger partial charge on any atom is 0.416 e. The molecule has 1 heterocycles. The van der Waals surface area contributed by atoms with E-state index < -0.39 is 23.5 Å². The van der Waals surface area contributed by atoms with Crippen LogP contribution in [0.3, 0.4) is 0 Å². The number of carbonyl (C=O) groups excluding carboxylic acids is 1. The molecule has 1 aliphatic rings. The number of ether oxygens (including phenoxy) is 1. The molecule has 2 aromatic rings. The molecule has 0 aromatic heterocycles. The van der Waals surface area contributed by atoms with E-state index in [1.165, 1.54) is 23.1 Å². The number of benzene rings is 2. The number of anilines is 2. The molecule has 3 rings (SSSR count). The van der Waals surface area contributed by atoms with Crippen LogP contribution in [-0.4, -0.2) is 50.7 Å². The zero-order valence-electron chi connectivity index (χ0n) is 16.8. The van der Waals surface area contributed by atoms with Gasteiger partial charge in [-0.25, -0.2) is 4.39 Å². The predicted octanol–water partition coefficient (Wildman–Crippen LogP) is 4.41. The van der Waals surface area contributed by atoms with Gasteiger partial charge in [0.2, 0.25) is 5.91 Å². The topological polar surface area (TPSA) is 44.8 Å². The lowest BCUT2D eigenvalue weighted by Gasteiger charge is -2.31. The molecule has 31 heavy (non-hydrogen) atoms. The fraction of sp³-hybridized carbons (Fsp3) is 0.381. The van der Waals surface area contributed by atoms with Crippen molar-refractivity contribution in [3.63, 3.8) is 0 Å². The van der Waals surface area contributed by atoms with Gasteiger partial charge < -0.3 is 15.0 Å². The number of hydrogen-bond donors (Lipinski definition) is 1. The van der Waals surface area contributed by atoms with Gasteiger partial charge in [0.05, 0.1) is 36.7 Å². The van der Waals surface area contributed by atoms with Crippen molar-refractivity contribution in [3.05, 3.63) is 58.4 Å². The standard InChI is InChI=1S/C21H22ClF4N3O2/c1-28(12-15-16(22)3-2-4-17(15)23)13-20(30)27-18-11-14(21(24,25)26)5-6-19(18)29-7-9-31-10-8-29/h2-6,11H,7-10,12-13H2,1H3,(H,27,30). The molecule has 1 aliphatic heterocycles. The van der Waals surface area contributed by atoms with Crippen molar-refractivity contribution in [2.24, 2.45) is 0 Å². The highest BCUT2D eigenvalue weighted by atomic mass is 35.5. The molecule has 1 saturated heterocycles. The van der Waals surface area contributed by atoms with Gasteiger partial charge in [-0.3, -0.25) is 9.69 Å². The summed E-state index contributed by atoms with van der Waals surface area (Å²) in [4.78, 5) is 16.0. The van der Waals surface area contributed by atoms with Crippen molar-refractivity contribution in [1.29, 1.82) is 0 Å². The number of hydrogen-bond acceptors (Lipinski definition) is 4. The zero-order valence-corrected chi connectivity index (χ0v) is 17.6. The summed E-state index contributed by atoms with van der Waals surface area (Å²) in [5.41, 5.74) is -0.0534. The van der Waals surface area contributed by atoms with Crippen LogP contribution in [0.15, 0.2) is 36.4 Å². The molecule has 0 atom stereocenters. The second kappa shape index (κ2) is 9.84. The number of rotatable bonds is 6. The lowest BCUT2D eigenvalue weighted by atomic mass is 10.1. The molecule has 0 radical (unpaired) electrons. The summed E-state index contributed by atoms with van der Waals surface area (Å²) in [7, 11) is 1.59. The summed E-state index contributed by atoms with van der Waals surface area (Å²) in [5, 5.41) is 2.81. The highest BCUT2D eigenvalue weighted by molar-refractivity contribution is 6.31. The van der Waals surface area contributed by atoms with Gasteiger partial charge in [0.25, 0.3) is 0 Å².